The van der Waals surface area contributed by atoms with Crippen molar-refractivity contribution in [2.24, 2.45) is 5.41 Å². The Balaban J connectivity index is 1.59. The van der Waals surface area contributed by atoms with Crippen LogP contribution in [0.15, 0.2) is 53.8 Å². The van der Waals surface area contributed by atoms with Crippen LogP contribution in [-0.2, 0) is 19.6 Å². The third kappa shape index (κ3) is 5.65. The van der Waals surface area contributed by atoms with Crippen LogP contribution in [0.25, 0.3) is 22.4 Å². The van der Waals surface area contributed by atoms with Crippen LogP contribution in [0, 0.1) is 24.0 Å². The molecule has 0 radical (unpaired) electrons. The van der Waals surface area contributed by atoms with E-state index in [1.165, 1.54) is 18.3 Å². The Hall–Kier alpha value is -3.93. The van der Waals surface area contributed by atoms with E-state index in [9.17, 15) is 17.6 Å². The Morgan fingerprint density at radius 3 is 2.54 bits per heavy atom. The molecule has 0 bridgehead atoms. The molecule has 12 heteroatoms. The predicted octanol–water partition coefficient (Wildman–Crippen LogP) is 5.63. The molecule has 1 atom stereocenters. The quantitative estimate of drug-likeness (QED) is 0.252. The van der Waals surface area contributed by atoms with Gasteiger partial charge in [-0.25, -0.2) is 36.1 Å². The summed E-state index contributed by atoms with van der Waals surface area (Å²) < 4.78 is 62.7. The molecule has 3 aromatic heterocycles. The van der Waals surface area contributed by atoms with Crippen LogP contribution in [-0.4, -0.2) is 46.0 Å². The summed E-state index contributed by atoms with van der Waals surface area (Å²) in [6.45, 7) is 5.84. The molecule has 0 spiro atoms. The second-order valence-corrected chi connectivity index (χ2v) is 12.5. The maximum Gasteiger partial charge on any atom is 0.307 e. The molecule has 1 saturated carbocycles. The lowest BCUT2D eigenvalue weighted by Gasteiger charge is -2.34. The molecule has 1 fully saturated rings. The van der Waals surface area contributed by atoms with Gasteiger partial charge < -0.3 is 10.1 Å². The predicted molar refractivity (Wildman–Crippen MR) is 150 cm³/mol. The zero-order valence-electron chi connectivity index (χ0n) is 23.0. The summed E-state index contributed by atoms with van der Waals surface area (Å²) in [7, 11) is -4.12. The number of pyridine rings is 1. The van der Waals surface area contributed by atoms with Gasteiger partial charge in [0.2, 0.25) is 0 Å². The summed E-state index contributed by atoms with van der Waals surface area (Å²) in [5.41, 5.74) is 0.715. The zero-order chi connectivity index (χ0) is 29.4. The zero-order valence-corrected chi connectivity index (χ0v) is 23.8. The van der Waals surface area contributed by atoms with Gasteiger partial charge >= 0.3 is 5.97 Å². The molecular formula is C29H31F2N5O4S. The van der Waals surface area contributed by atoms with Gasteiger partial charge in [-0.2, -0.15) is 0 Å². The average Bonchev–Trinajstić information content (AvgIpc) is 3.55. The number of rotatable bonds is 9. The minimum atomic E-state index is -4.12. The van der Waals surface area contributed by atoms with Gasteiger partial charge in [-0.05, 0) is 50.3 Å². The first-order valence-corrected chi connectivity index (χ1v) is 14.9. The largest absolute Gasteiger partial charge is 0.466 e. The first kappa shape index (κ1) is 28.6. The van der Waals surface area contributed by atoms with E-state index in [1.807, 2.05) is 6.92 Å². The number of esters is 1. The highest BCUT2D eigenvalue weighted by atomic mass is 32.2. The third-order valence-corrected chi connectivity index (χ3v) is 9.38. The number of benzene rings is 1. The summed E-state index contributed by atoms with van der Waals surface area (Å²) in [5, 5.41) is 3.26. The molecule has 216 valence electrons. The second-order valence-electron chi connectivity index (χ2n) is 10.6. The number of nitrogens with zero attached hydrogens (tertiary/aromatic N) is 4. The van der Waals surface area contributed by atoms with Gasteiger partial charge in [-0.3, -0.25) is 4.79 Å². The van der Waals surface area contributed by atoms with Gasteiger partial charge in [0.1, 0.15) is 5.82 Å². The van der Waals surface area contributed by atoms with E-state index in [0.717, 1.165) is 53.7 Å². The summed E-state index contributed by atoms with van der Waals surface area (Å²) in [6, 6.07) is 6.97. The molecule has 1 aliphatic rings. The van der Waals surface area contributed by atoms with Gasteiger partial charge in [0.05, 0.1) is 30.3 Å². The van der Waals surface area contributed by atoms with Crippen molar-refractivity contribution in [2.75, 3.05) is 11.9 Å². The van der Waals surface area contributed by atoms with Crippen LogP contribution >= 0.6 is 0 Å². The maximum absolute atomic E-state index is 15.1. The maximum atomic E-state index is 15.1. The fourth-order valence-corrected chi connectivity index (χ4v) is 6.72. The van der Waals surface area contributed by atoms with Gasteiger partial charge in [0, 0.05) is 23.2 Å². The molecule has 0 amide bonds. The van der Waals surface area contributed by atoms with Crippen LogP contribution in [0.4, 0.5) is 14.6 Å². The molecule has 3 heterocycles. The molecule has 1 aliphatic carbocycles. The summed E-state index contributed by atoms with van der Waals surface area (Å²) in [4.78, 5) is 25.0. The second kappa shape index (κ2) is 11.2. The van der Waals surface area contributed by atoms with E-state index in [4.69, 9.17) is 4.74 Å². The summed E-state index contributed by atoms with van der Waals surface area (Å²) >= 11 is 0. The SMILES string of the molecule is CCOC(=O)C[C@@H](Nc1nc(-c2cn(S(=O)(=O)c3ccc(C)cc3)c3ncc(F)cc23)ncc1F)C1(C)CCCC1. The Labute approximate surface area is 237 Å². The van der Waals surface area contributed by atoms with Crippen LogP contribution in [0.2, 0.25) is 0 Å². The highest BCUT2D eigenvalue weighted by molar-refractivity contribution is 7.90. The number of hydrogen-bond acceptors (Lipinski definition) is 8. The highest BCUT2D eigenvalue weighted by Crippen LogP contribution is 2.43. The molecular weight excluding hydrogens is 552 g/mol. The van der Waals surface area contributed by atoms with Gasteiger partial charge in [-0.1, -0.05) is 37.5 Å². The highest BCUT2D eigenvalue weighted by Gasteiger charge is 2.39. The van der Waals surface area contributed by atoms with Crippen molar-refractivity contribution < 1.29 is 26.7 Å². The Kier molecular flexibility index (Phi) is 7.78. The van der Waals surface area contributed by atoms with Gasteiger partial charge in [-0.15, -0.1) is 0 Å². The van der Waals surface area contributed by atoms with E-state index in [1.54, 1.807) is 19.1 Å². The Bertz CT molecular complexity index is 1700. The lowest BCUT2D eigenvalue weighted by molar-refractivity contribution is -0.144. The van der Waals surface area contributed by atoms with Gasteiger partial charge in [0.25, 0.3) is 10.0 Å². The van der Waals surface area contributed by atoms with E-state index in [0.29, 0.717) is 0 Å². The van der Waals surface area contributed by atoms with Crippen LogP contribution in [0.5, 0.6) is 0 Å². The molecule has 0 aliphatic heterocycles. The van der Waals surface area contributed by atoms with Crippen LogP contribution in [0.3, 0.4) is 0 Å². The van der Waals surface area contributed by atoms with E-state index in [-0.39, 0.29) is 51.6 Å². The van der Waals surface area contributed by atoms with Crippen molar-refractivity contribution in [1.29, 1.82) is 0 Å². The standard InChI is InChI=1S/C29H31F2N5O4S/c1-4-40-25(37)14-24(29(3)11-5-6-12-29)34-27-23(31)16-32-26(35-27)22-17-36(28-21(22)13-19(30)15-33-28)41(38,39)20-9-7-18(2)8-10-20/h7-10,13,15-17,24H,4-6,11-12,14H2,1-3H3,(H,32,34,35)/t24-/m1/s1. The molecule has 0 saturated heterocycles. The monoisotopic (exact) mass is 583 g/mol. The summed E-state index contributed by atoms with van der Waals surface area (Å²) in [6.07, 6.45) is 6.84. The Morgan fingerprint density at radius 1 is 1.15 bits per heavy atom. The van der Waals surface area contributed by atoms with Gasteiger partial charge in [0.15, 0.2) is 23.1 Å². The molecule has 0 unspecified atom stereocenters. The lowest BCUT2D eigenvalue weighted by Crippen LogP contribution is -2.39. The number of aryl methyl sites for hydroxylation is 1. The van der Waals surface area contributed by atoms with Crippen molar-refractivity contribution >= 4 is 32.8 Å². The molecule has 4 aromatic rings. The number of anilines is 1. The van der Waals surface area contributed by atoms with Crippen LogP contribution < -0.4 is 5.32 Å². The lowest BCUT2D eigenvalue weighted by atomic mass is 9.79. The Morgan fingerprint density at radius 2 is 1.85 bits per heavy atom. The fourth-order valence-electron chi connectivity index (χ4n) is 5.39. The number of halogens is 2. The first-order chi connectivity index (χ1) is 19.5. The van der Waals surface area contributed by atoms with Crippen molar-refractivity contribution in [3.05, 3.63) is 66.1 Å². The van der Waals surface area contributed by atoms with Crippen molar-refractivity contribution in [3.8, 4) is 11.4 Å². The average molecular weight is 584 g/mol. The number of nitrogens with one attached hydrogen (secondary N) is 1. The molecule has 1 aromatic carbocycles. The van der Waals surface area contributed by atoms with E-state index in [2.05, 4.69) is 27.2 Å². The van der Waals surface area contributed by atoms with E-state index >= 15 is 4.39 Å². The third-order valence-electron chi connectivity index (χ3n) is 7.72. The molecule has 9 nitrogen and oxygen atoms in total. The van der Waals surface area contributed by atoms with Crippen LogP contribution in [0.1, 0.15) is 51.5 Å². The molecule has 1 N–H and O–H groups in total. The number of ether oxygens (including phenoxy) is 1. The fraction of sp³-hybridized carbons (Fsp3) is 0.379. The van der Waals surface area contributed by atoms with Crippen molar-refractivity contribution in [1.82, 2.24) is 18.9 Å². The molecule has 5 rings (SSSR count). The minimum Gasteiger partial charge on any atom is -0.466 e. The number of hydrogen-bond donors (Lipinski definition) is 1. The normalized spacial score (nSPS) is 15.6. The van der Waals surface area contributed by atoms with E-state index < -0.39 is 33.7 Å². The molecule has 41 heavy (non-hydrogen) atoms. The number of carbonyl (C=O) groups excluding carboxylic acids is 1. The number of fused-ring (bicyclic) bond motifs is 1. The minimum absolute atomic E-state index is 0.0201. The number of aromatic nitrogens is 4. The smallest absolute Gasteiger partial charge is 0.307 e. The summed E-state index contributed by atoms with van der Waals surface area (Å²) in [5.74, 6) is -2.02. The van der Waals surface area contributed by atoms with Crippen molar-refractivity contribution in [3.63, 3.8) is 0 Å². The first-order valence-electron chi connectivity index (χ1n) is 13.5. The number of carbonyl (C=O) groups is 1. The van der Waals surface area contributed by atoms with Crippen molar-refractivity contribution in [2.45, 2.75) is 63.8 Å². The topological polar surface area (TPSA) is 116 Å².